The molecule has 0 spiro atoms. The molecule has 0 saturated heterocycles. The third-order valence-corrected chi connectivity index (χ3v) is 6.96. The van der Waals surface area contributed by atoms with Crippen LogP contribution in [0.5, 0.6) is 0 Å². The minimum atomic E-state index is -0.433. The largest absolute Gasteiger partial charge is 0.332 e. The molecule has 1 amide bonds. The van der Waals surface area contributed by atoms with E-state index in [1.807, 2.05) is 0 Å². The zero-order chi connectivity index (χ0) is 20.0. The molecular weight excluding hydrogens is 400 g/mol. The molecule has 3 aromatic rings. The van der Waals surface area contributed by atoms with Gasteiger partial charge in [0, 0.05) is 26.0 Å². The lowest BCUT2D eigenvalue weighted by Gasteiger charge is -2.06. The molecule has 28 heavy (non-hydrogen) atoms. The highest BCUT2D eigenvalue weighted by Gasteiger charge is 2.19. The number of thioether (sulfide) groups is 1. The summed E-state index contributed by atoms with van der Waals surface area (Å²) in [4.78, 5) is 47.0. The van der Waals surface area contributed by atoms with Gasteiger partial charge in [0.05, 0.1) is 11.4 Å². The molecule has 0 radical (unpaired) electrons. The number of hydrogen-bond acceptors (Lipinski definition) is 7. The number of nitrogens with zero attached hydrogens (tertiary/aromatic N) is 5. The summed E-state index contributed by atoms with van der Waals surface area (Å²) in [5.41, 5.74) is 0.910. The molecule has 9 nitrogen and oxygen atoms in total. The van der Waals surface area contributed by atoms with Crippen LogP contribution in [0, 0.1) is 0 Å². The van der Waals surface area contributed by atoms with Crippen molar-refractivity contribution in [1.29, 1.82) is 0 Å². The highest BCUT2D eigenvalue weighted by molar-refractivity contribution is 7.99. The number of imidazole rings is 1. The maximum Gasteiger partial charge on any atom is 0.332 e. The second-order valence-electron chi connectivity index (χ2n) is 6.76. The quantitative estimate of drug-likeness (QED) is 0.633. The van der Waals surface area contributed by atoms with E-state index in [1.54, 1.807) is 30.0 Å². The number of thiazole rings is 1. The van der Waals surface area contributed by atoms with Crippen LogP contribution in [0.1, 0.15) is 23.4 Å². The Morgan fingerprint density at radius 2 is 1.86 bits per heavy atom. The highest BCUT2D eigenvalue weighted by Crippen LogP contribution is 2.29. The van der Waals surface area contributed by atoms with Crippen LogP contribution < -0.4 is 16.6 Å². The van der Waals surface area contributed by atoms with Crippen molar-refractivity contribution in [3.8, 4) is 0 Å². The normalized spacial score (nSPS) is 13.7. The molecule has 1 aliphatic rings. The van der Waals surface area contributed by atoms with Crippen LogP contribution in [-0.2, 0) is 38.8 Å². The van der Waals surface area contributed by atoms with Crippen molar-refractivity contribution in [2.24, 2.45) is 21.1 Å². The summed E-state index contributed by atoms with van der Waals surface area (Å²) in [6.07, 6.45) is 4.33. The lowest BCUT2D eigenvalue weighted by molar-refractivity contribution is -0.113. The second-order valence-corrected chi connectivity index (χ2v) is 8.79. The fraction of sp³-hybridized carbons (Fsp3) is 0.471. The van der Waals surface area contributed by atoms with Crippen LogP contribution in [0.2, 0.25) is 0 Å². The van der Waals surface area contributed by atoms with Crippen LogP contribution in [0.25, 0.3) is 11.2 Å². The Labute approximate surface area is 168 Å². The standard InChI is InChI=1S/C17H20N6O3S2/c1-21-12-13(22(2)17(26)23(3)14(12)25)20-16(21)27-8-11(24)19-15-18-9-6-4-5-7-10(9)28-15/h4-8H2,1-3H3,(H,18,19,24). The molecule has 0 unspecified atom stereocenters. The topological polar surface area (TPSA) is 104 Å². The number of nitrogens with one attached hydrogen (secondary N) is 1. The molecule has 4 rings (SSSR count). The zero-order valence-electron chi connectivity index (χ0n) is 15.8. The van der Waals surface area contributed by atoms with Gasteiger partial charge >= 0.3 is 5.69 Å². The van der Waals surface area contributed by atoms with E-state index in [4.69, 9.17) is 0 Å². The van der Waals surface area contributed by atoms with E-state index in [0.717, 1.165) is 29.5 Å². The number of aromatic nitrogens is 5. The molecule has 0 aliphatic heterocycles. The first-order chi connectivity index (χ1) is 13.4. The van der Waals surface area contributed by atoms with Gasteiger partial charge in [-0.15, -0.1) is 11.3 Å². The van der Waals surface area contributed by atoms with E-state index in [9.17, 15) is 14.4 Å². The molecule has 3 aromatic heterocycles. The van der Waals surface area contributed by atoms with E-state index in [0.29, 0.717) is 21.5 Å². The summed E-state index contributed by atoms with van der Waals surface area (Å²) in [7, 11) is 4.71. The number of rotatable bonds is 4. The van der Waals surface area contributed by atoms with Gasteiger partial charge in [0.25, 0.3) is 5.56 Å². The molecule has 0 aromatic carbocycles. The Hall–Kier alpha value is -2.40. The van der Waals surface area contributed by atoms with Crippen molar-refractivity contribution in [1.82, 2.24) is 23.7 Å². The van der Waals surface area contributed by atoms with Gasteiger partial charge in [-0.2, -0.15) is 0 Å². The number of hydrogen-bond donors (Lipinski definition) is 1. The fourth-order valence-electron chi connectivity index (χ4n) is 3.32. The van der Waals surface area contributed by atoms with Crippen molar-refractivity contribution in [2.75, 3.05) is 11.1 Å². The van der Waals surface area contributed by atoms with Gasteiger partial charge in [0.1, 0.15) is 0 Å². The van der Waals surface area contributed by atoms with Crippen molar-refractivity contribution in [3.05, 3.63) is 31.4 Å². The number of fused-ring (bicyclic) bond motifs is 2. The Morgan fingerprint density at radius 1 is 1.11 bits per heavy atom. The zero-order valence-corrected chi connectivity index (χ0v) is 17.4. The van der Waals surface area contributed by atoms with E-state index < -0.39 is 11.2 Å². The first kappa shape index (κ1) is 18.9. The van der Waals surface area contributed by atoms with Crippen molar-refractivity contribution < 1.29 is 4.79 Å². The van der Waals surface area contributed by atoms with E-state index in [1.165, 1.54) is 34.7 Å². The number of aryl methyl sites for hydroxylation is 4. The average Bonchev–Trinajstić information content (AvgIpc) is 3.23. The molecule has 0 atom stereocenters. The molecule has 0 saturated carbocycles. The first-order valence-corrected chi connectivity index (χ1v) is 10.7. The van der Waals surface area contributed by atoms with E-state index in [2.05, 4.69) is 15.3 Å². The summed E-state index contributed by atoms with van der Waals surface area (Å²) in [5, 5.41) is 3.99. The summed E-state index contributed by atoms with van der Waals surface area (Å²) in [6, 6.07) is 0. The molecular formula is C17H20N6O3S2. The molecule has 11 heteroatoms. The Balaban J connectivity index is 1.52. The number of amides is 1. The Morgan fingerprint density at radius 3 is 2.61 bits per heavy atom. The molecule has 3 heterocycles. The third-order valence-electron chi connectivity index (χ3n) is 4.86. The van der Waals surface area contributed by atoms with Crippen LogP contribution >= 0.6 is 23.1 Å². The van der Waals surface area contributed by atoms with Crippen LogP contribution in [0.3, 0.4) is 0 Å². The smallest absolute Gasteiger partial charge is 0.316 e. The number of carbonyl (C=O) groups is 1. The molecule has 1 N–H and O–H groups in total. The lowest BCUT2D eigenvalue weighted by Crippen LogP contribution is -2.37. The first-order valence-electron chi connectivity index (χ1n) is 8.90. The minimum Gasteiger partial charge on any atom is -0.316 e. The molecule has 0 fully saturated rings. The Bertz CT molecular complexity index is 1180. The second kappa shape index (κ2) is 7.21. The predicted octanol–water partition coefficient (Wildman–Crippen LogP) is 1.04. The van der Waals surface area contributed by atoms with Gasteiger partial charge < -0.3 is 9.88 Å². The summed E-state index contributed by atoms with van der Waals surface area (Å²) < 4.78 is 4.01. The molecule has 0 bridgehead atoms. The lowest BCUT2D eigenvalue weighted by atomic mass is 10.0. The third kappa shape index (κ3) is 3.18. The van der Waals surface area contributed by atoms with Gasteiger partial charge in [-0.25, -0.2) is 14.8 Å². The minimum absolute atomic E-state index is 0.135. The maximum absolute atomic E-state index is 12.4. The van der Waals surface area contributed by atoms with Crippen LogP contribution in [-0.4, -0.2) is 35.3 Å². The number of carbonyl (C=O) groups excluding carboxylic acids is 1. The fourth-order valence-corrected chi connectivity index (χ4v) is 5.15. The van der Waals surface area contributed by atoms with Crippen molar-refractivity contribution in [2.45, 2.75) is 30.8 Å². The molecule has 1 aliphatic carbocycles. The Kier molecular flexibility index (Phi) is 4.88. The van der Waals surface area contributed by atoms with Crippen LogP contribution in [0.4, 0.5) is 5.13 Å². The SMILES string of the molecule is Cn1c(=O)c2c(nc(SCC(=O)Nc3nc4c(s3)CCCC4)n2C)n(C)c1=O. The van der Waals surface area contributed by atoms with Gasteiger partial charge in [0.15, 0.2) is 21.5 Å². The average molecular weight is 421 g/mol. The van der Waals surface area contributed by atoms with Gasteiger partial charge in [-0.1, -0.05) is 11.8 Å². The highest BCUT2D eigenvalue weighted by atomic mass is 32.2. The van der Waals surface area contributed by atoms with E-state index in [-0.39, 0.29) is 11.7 Å². The van der Waals surface area contributed by atoms with Crippen molar-refractivity contribution in [3.63, 3.8) is 0 Å². The summed E-state index contributed by atoms with van der Waals surface area (Å²) >= 11 is 2.76. The van der Waals surface area contributed by atoms with Gasteiger partial charge in [-0.3, -0.25) is 18.7 Å². The van der Waals surface area contributed by atoms with Crippen LogP contribution in [0.15, 0.2) is 14.7 Å². The number of anilines is 1. The predicted molar refractivity (Wildman–Crippen MR) is 109 cm³/mol. The maximum atomic E-state index is 12.4. The van der Waals surface area contributed by atoms with Crippen molar-refractivity contribution >= 4 is 45.3 Å². The summed E-state index contributed by atoms with van der Waals surface area (Å²) in [6.45, 7) is 0. The van der Waals surface area contributed by atoms with Gasteiger partial charge in [0.2, 0.25) is 5.91 Å². The monoisotopic (exact) mass is 420 g/mol. The van der Waals surface area contributed by atoms with E-state index >= 15 is 0 Å². The van der Waals surface area contributed by atoms with Gasteiger partial charge in [-0.05, 0) is 25.7 Å². The molecule has 148 valence electrons. The summed E-state index contributed by atoms with van der Waals surface area (Å²) in [5.74, 6) is -0.0414.